The Morgan fingerprint density at radius 3 is 1.23 bits per heavy atom. The van der Waals surface area contributed by atoms with Gasteiger partial charge in [-0.2, -0.15) is 25.3 Å². The Kier molecular flexibility index (Phi) is 21.0. The molecular weight excluding hydrogens is 729 g/mol. The van der Waals surface area contributed by atoms with Crippen molar-refractivity contribution in [2.45, 2.75) is 95.7 Å². The molecule has 21 nitrogen and oxygen atoms in total. The molecule has 8 atom stereocenters. The molecule has 9 amide bonds. The number of carboxylic acids is 1. The van der Waals surface area contributed by atoms with Gasteiger partial charge < -0.3 is 59.9 Å². The molecule has 0 bridgehead atoms. The lowest BCUT2D eigenvalue weighted by Crippen LogP contribution is -2.62. The van der Waals surface area contributed by atoms with Gasteiger partial charge in [-0.25, -0.2) is 4.79 Å². The summed E-state index contributed by atoms with van der Waals surface area (Å²) in [7, 11) is 0. The minimum Gasteiger partial charge on any atom is -0.480 e. The molecule has 0 aromatic carbocycles. The maximum absolute atomic E-state index is 13.5. The molecular formula is C29H50N10O11S2. The van der Waals surface area contributed by atoms with Crippen molar-refractivity contribution in [3.05, 3.63) is 0 Å². The first-order chi connectivity index (χ1) is 24.1. The number of nitrogens with two attached hydrogens (primary N) is 4. The zero-order chi connectivity index (χ0) is 40.5. The lowest BCUT2D eigenvalue weighted by Gasteiger charge is -2.29. The minimum atomic E-state index is -1.79. The Morgan fingerprint density at radius 2 is 0.885 bits per heavy atom. The number of carbonyl (C=O) groups is 10. The number of thiol groups is 2. The van der Waals surface area contributed by atoms with Crippen molar-refractivity contribution < 1.29 is 53.1 Å². The highest BCUT2D eigenvalue weighted by molar-refractivity contribution is 7.80. The predicted octanol–water partition coefficient (Wildman–Crippen LogP) is -5.51. The number of primary amides is 3. The Hall–Kier alpha value is -4.64. The van der Waals surface area contributed by atoms with Gasteiger partial charge in [-0.1, -0.05) is 34.1 Å². The fourth-order valence-electron chi connectivity index (χ4n) is 4.32. The Morgan fingerprint density at radius 1 is 0.538 bits per heavy atom. The normalized spacial score (nSPS) is 15.5. The highest BCUT2D eigenvalue weighted by Crippen LogP contribution is 2.11. The molecule has 0 radical (unpaired) electrons. The molecule has 0 aliphatic heterocycles. The van der Waals surface area contributed by atoms with Gasteiger partial charge in [0, 0.05) is 11.5 Å². The summed E-state index contributed by atoms with van der Waals surface area (Å²) in [4.78, 5) is 125. The maximum Gasteiger partial charge on any atom is 0.327 e. The van der Waals surface area contributed by atoms with Gasteiger partial charge in [0.2, 0.25) is 53.2 Å². The van der Waals surface area contributed by atoms with Gasteiger partial charge in [0.25, 0.3) is 0 Å². The Balaban J connectivity index is 6.31. The molecule has 23 heteroatoms. The molecule has 0 aromatic heterocycles. The minimum absolute atomic E-state index is 0.100. The van der Waals surface area contributed by atoms with Crippen molar-refractivity contribution in [3.8, 4) is 0 Å². The first kappa shape index (κ1) is 47.4. The highest BCUT2D eigenvalue weighted by atomic mass is 32.1. The number of hydrogen-bond acceptors (Lipinski definition) is 13. The van der Waals surface area contributed by atoms with Gasteiger partial charge in [-0.3, -0.25) is 43.2 Å². The van der Waals surface area contributed by atoms with Crippen molar-refractivity contribution in [2.75, 3.05) is 11.5 Å². The summed E-state index contributed by atoms with van der Waals surface area (Å²) < 4.78 is 0. The largest absolute Gasteiger partial charge is 0.480 e. The molecule has 0 aromatic rings. The quantitative estimate of drug-likeness (QED) is 0.0408. The standard InChI is InChI=1S/C29H50N10O11S2/c1-5-12(4)22(39-26(46)15(7-19(32)41)34-23(43)13(30)9-51)28(48)36-14(6-18(31)40)24(44)35-16(8-20(33)42)25(45)38-21(11(2)3)27(47)37-17(10-52)29(49)50/h11-17,21-22,51-52H,5-10,30H2,1-4H3,(H2,31,40)(H2,32,41)(H2,33,42)(H,34,43)(H,35,44)(H,36,48)(H,37,47)(H,38,45)(H,39,46)(H,49,50)/t12-,13-,14-,15-,16-,17-,21-,22-/m0/s1. The van der Waals surface area contributed by atoms with Crippen LogP contribution in [0.3, 0.4) is 0 Å². The Labute approximate surface area is 310 Å². The van der Waals surface area contributed by atoms with E-state index in [1.54, 1.807) is 13.8 Å². The van der Waals surface area contributed by atoms with Gasteiger partial charge in [-0.15, -0.1) is 0 Å². The second kappa shape index (κ2) is 23.0. The SMILES string of the molecule is CC[C@H](C)[C@H](NC(=O)[C@H](CC(N)=O)NC(=O)[C@@H](N)CS)C(=O)N[C@@H](CC(N)=O)C(=O)N[C@@H](CC(N)=O)C(=O)N[C@H](C(=O)N[C@@H](CS)C(=O)O)C(C)C. The van der Waals surface area contributed by atoms with Crippen LogP contribution in [0.25, 0.3) is 0 Å². The molecule has 0 saturated heterocycles. The van der Waals surface area contributed by atoms with Crippen LogP contribution in [0.4, 0.5) is 0 Å². The highest BCUT2D eigenvalue weighted by Gasteiger charge is 2.36. The van der Waals surface area contributed by atoms with Crippen LogP contribution in [0.2, 0.25) is 0 Å². The van der Waals surface area contributed by atoms with E-state index in [-0.39, 0.29) is 17.9 Å². The molecule has 0 heterocycles. The summed E-state index contributed by atoms with van der Waals surface area (Å²) >= 11 is 7.79. The molecule has 294 valence electrons. The molecule has 0 aliphatic rings. The summed E-state index contributed by atoms with van der Waals surface area (Å²) in [6.07, 6.45) is -2.04. The summed E-state index contributed by atoms with van der Waals surface area (Å²) in [5.74, 6) is -12.3. The van der Waals surface area contributed by atoms with Crippen LogP contribution in [0.15, 0.2) is 0 Å². The van der Waals surface area contributed by atoms with Crippen molar-refractivity contribution in [3.63, 3.8) is 0 Å². The van der Waals surface area contributed by atoms with Crippen LogP contribution >= 0.6 is 25.3 Å². The van der Waals surface area contributed by atoms with E-state index in [0.717, 1.165) is 0 Å². The van der Waals surface area contributed by atoms with Gasteiger partial charge in [-0.05, 0) is 11.8 Å². The van der Waals surface area contributed by atoms with E-state index in [0.29, 0.717) is 0 Å². The van der Waals surface area contributed by atoms with E-state index in [2.05, 4.69) is 57.2 Å². The molecule has 15 N–H and O–H groups in total. The van der Waals surface area contributed by atoms with E-state index in [4.69, 9.17) is 22.9 Å². The van der Waals surface area contributed by atoms with Crippen molar-refractivity contribution in [2.24, 2.45) is 34.8 Å². The number of carbonyl (C=O) groups excluding carboxylic acids is 9. The molecule has 0 aliphatic carbocycles. The third-order valence-corrected chi connectivity index (χ3v) is 8.24. The number of hydrogen-bond donors (Lipinski definition) is 13. The van der Waals surface area contributed by atoms with Gasteiger partial charge >= 0.3 is 5.97 Å². The van der Waals surface area contributed by atoms with Gasteiger partial charge in [0.05, 0.1) is 25.3 Å². The number of carboxylic acid groups (broad SMARTS) is 1. The lowest BCUT2D eigenvalue weighted by molar-refractivity contribution is -0.142. The van der Waals surface area contributed by atoms with Crippen LogP contribution in [-0.2, 0) is 47.9 Å². The fraction of sp³-hybridized carbons (Fsp3) is 0.655. The second-order valence-electron chi connectivity index (χ2n) is 12.2. The van der Waals surface area contributed by atoms with Crippen LogP contribution in [0, 0.1) is 11.8 Å². The molecule has 0 rings (SSSR count). The number of rotatable bonds is 24. The van der Waals surface area contributed by atoms with Crippen LogP contribution in [-0.4, -0.2) is 118 Å². The van der Waals surface area contributed by atoms with E-state index < -0.39 is 133 Å². The number of amides is 9. The lowest BCUT2D eigenvalue weighted by atomic mass is 9.97. The van der Waals surface area contributed by atoms with E-state index in [1.807, 2.05) is 0 Å². The van der Waals surface area contributed by atoms with Crippen LogP contribution in [0.5, 0.6) is 0 Å². The van der Waals surface area contributed by atoms with E-state index >= 15 is 0 Å². The molecule has 0 unspecified atom stereocenters. The average Bonchev–Trinajstić information content (AvgIpc) is 3.05. The topological polar surface area (TPSA) is 367 Å². The molecule has 0 spiro atoms. The first-order valence-corrected chi connectivity index (χ1v) is 17.2. The van der Waals surface area contributed by atoms with Crippen molar-refractivity contribution in [1.29, 1.82) is 0 Å². The maximum atomic E-state index is 13.5. The van der Waals surface area contributed by atoms with Crippen LogP contribution < -0.4 is 54.8 Å². The molecule has 52 heavy (non-hydrogen) atoms. The average molecular weight is 779 g/mol. The van der Waals surface area contributed by atoms with Crippen molar-refractivity contribution >= 4 is 84.4 Å². The molecule has 0 fully saturated rings. The Bertz CT molecular complexity index is 1350. The van der Waals surface area contributed by atoms with Crippen LogP contribution in [0.1, 0.15) is 53.4 Å². The predicted molar refractivity (Wildman–Crippen MR) is 191 cm³/mol. The summed E-state index contributed by atoms with van der Waals surface area (Å²) in [6, 6.07) is -10.5. The third-order valence-electron chi connectivity index (χ3n) is 7.49. The smallest absolute Gasteiger partial charge is 0.327 e. The molecule has 0 saturated carbocycles. The second-order valence-corrected chi connectivity index (χ2v) is 12.9. The summed E-state index contributed by atoms with van der Waals surface area (Å²) in [5.41, 5.74) is 21.5. The van der Waals surface area contributed by atoms with Gasteiger partial charge in [0.15, 0.2) is 0 Å². The monoisotopic (exact) mass is 778 g/mol. The summed E-state index contributed by atoms with van der Waals surface area (Å²) in [5, 5.41) is 22.9. The number of aliphatic carboxylic acids is 1. The number of nitrogens with one attached hydrogen (secondary N) is 6. The zero-order valence-electron chi connectivity index (χ0n) is 29.2. The van der Waals surface area contributed by atoms with E-state index in [9.17, 15) is 53.1 Å². The zero-order valence-corrected chi connectivity index (χ0v) is 31.0. The summed E-state index contributed by atoms with van der Waals surface area (Å²) in [6.45, 7) is 6.26. The fourth-order valence-corrected chi connectivity index (χ4v) is 4.73. The van der Waals surface area contributed by atoms with Crippen molar-refractivity contribution in [1.82, 2.24) is 31.9 Å². The first-order valence-electron chi connectivity index (χ1n) is 16.0. The van der Waals surface area contributed by atoms with Gasteiger partial charge in [0.1, 0.15) is 36.3 Å². The third kappa shape index (κ3) is 16.6. The van der Waals surface area contributed by atoms with E-state index in [1.165, 1.54) is 13.8 Å².